The standard InChI is InChI=1S/C41H45N5O4S/c1-29(2)50-39-16-6-5-14-38(39)45-24-22-44(23-25-45)28-30-10-7-11-32(26-30)41(47)46-21-20-31-27-33(18-19-36(31)46)42-51(48,49)40-17-9-12-34-35(40)13-8-15-37(34)43(3)4/h5-19,26-27,29,42H,20-25,28H2,1-4H3. The SMILES string of the molecule is CC(C)Oc1ccccc1N1CCN(Cc2cccc(C(=O)N3CCc4cc(NS(=O)(=O)c5cccc6c(N(C)C)cccc56)ccc43)c2)CC1. The van der Waals surface area contributed by atoms with Crippen molar-refractivity contribution in [3.05, 3.63) is 120 Å². The van der Waals surface area contributed by atoms with Crippen molar-refractivity contribution in [1.29, 1.82) is 0 Å². The van der Waals surface area contributed by atoms with Gasteiger partial charge in [0.15, 0.2) is 0 Å². The Balaban J connectivity index is 1.01. The van der Waals surface area contributed by atoms with E-state index in [0.717, 1.165) is 72.0 Å². The second kappa shape index (κ2) is 14.3. The van der Waals surface area contributed by atoms with Gasteiger partial charge in [-0.05, 0) is 86.0 Å². The summed E-state index contributed by atoms with van der Waals surface area (Å²) in [6.07, 6.45) is 0.764. The molecule has 0 bridgehead atoms. The van der Waals surface area contributed by atoms with Gasteiger partial charge >= 0.3 is 0 Å². The van der Waals surface area contributed by atoms with E-state index >= 15 is 0 Å². The fraction of sp³-hybridized carbons (Fsp3) is 0.293. The molecule has 5 aromatic rings. The third-order valence-corrected chi connectivity index (χ3v) is 11.1. The number of carbonyl (C=O) groups is 1. The van der Waals surface area contributed by atoms with Crippen molar-refractivity contribution in [3.8, 4) is 5.75 Å². The van der Waals surface area contributed by atoms with Gasteiger partial charge in [0.2, 0.25) is 0 Å². The Kier molecular flexibility index (Phi) is 9.63. The highest BCUT2D eigenvalue weighted by molar-refractivity contribution is 7.93. The number of anilines is 4. The number of amides is 1. The molecule has 0 atom stereocenters. The van der Waals surface area contributed by atoms with Crippen LogP contribution < -0.4 is 24.2 Å². The van der Waals surface area contributed by atoms with E-state index in [1.807, 2.05) is 99.6 Å². The molecule has 9 nitrogen and oxygen atoms in total. The van der Waals surface area contributed by atoms with E-state index in [0.29, 0.717) is 29.6 Å². The minimum Gasteiger partial charge on any atom is -0.489 e. The van der Waals surface area contributed by atoms with Crippen molar-refractivity contribution in [2.45, 2.75) is 37.8 Å². The number of nitrogens with one attached hydrogen (secondary N) is 1. The lowest BCUT2D eigenvalue weighted by molar-refractivity contribution is 0.0989. The predicted octanol–water partition coefficient (Wildman–Crippen LogP) is 7.02. The summed E-state index contributed by atoms with van der Waals surface area (Å²) >= 11 is 0. The van der Waals surface area contributed by atoms with Gasteiger partial charge in [-0.2, -0.15) is 0 Å². The molecule has 2 heterocycles. The van der Waals surface area contributed by atoms with Gasteiger partial charge < -0.3 is 19.4 Å². The predicted molar refractivity (Wildman–Crippen MR) is 207 cm³/mol. The maximum atomic E-state index is 13.8. The van der Waals surface area contributed by atoms with E-state index in [2.05, 4.69) is 32.7 Å². The largest absolute Gasteiger partial charge is 0.489 e. The van der Waals surface area contributed by atoms with E-state index in [-0.39, 0.29) is 16.9 Å². The molecule has 1 N–H and O–H groups in total. The second-order valence-electron chi connectivity index (χ2n) is 13.8. The van der Waals surface area contributed by atoms with Crippen molar-refractivity contribution in [3.63, 3.8) is 0 Å². The van der Waals surface area contributed by atoms with Crippen LogP contribution in [-0.4, -0.2) is 72.1 Å². The molecular formula is C41H45N5O4S. The lowest BCUT2D eigenvalue weighted by Crippen LogP contribution is -2.46. The topological polar surface area (TPSA) is 85.4 Å². The highest BCUT2D eigenvalue weighted by Gasteiger charge is 2.28. The molecule has 51 heavy (non-hydrogen) atoms. The van der Waals surface area contributed by atoms with Crippen LogP contribution in [0.4, 0.5) is 22.7 Å². The lowest BCUT2D eigenvalue weighted by atomic mass is 10.1. The first kappa shape index (κ1) is 34.4. The number of hydrogen-bond acceptors (Lipinski definition) is 7. The number of fused-ring (bicyclic) bond motifs is 2. The van der Waals surface area contributed by atoms with E-state index in [1.165, 1.54) is 0 Å². The van der Waals surface area contributed by atoms with Crippen molar-refractivity contribution >= 4 is 49.5 Å². The van der Waals surface area contributed by atoms with Crippen molar-refractivity contribution in [1.82, 2.24) is 4.90 Å². The van der Waals surface area contributed by atoms with Gasteiger partial charge in [0.25, 0.3) is 15.9 Å². The Hall–Kier alpha value is -5.06. The van der Waals surface area contributed by atoms with Crippen molar-refractivity contribution in [2.75, 3.05) is 66.2 Å². The van der Waals surface area contributed by atoms with Gasteiger partial charge in [0, 0.05) is 86.8 Å². The van der Waals surface area contributed by atoms with Crippen LogP contribution in [-0.2, 0) is 23.0 Å². The molecule has 7 rings (SSSR count). The molecule has 264 valence electrons. The van der Waals surface area contributed by atoms with E-state index in [1.54, 1.807) is 23.1 Å². The number of nitrogens with zero attached hydrogens (tertiary/aromatic N) is 4. The number of carbonyl (C=O) groups excluding carboxylic acids is 1. The molecule has 1 amide bonds. The van der Waals surface area contributed by atoms with Crippen LogP contribution in [0.15, 0.2) is 108 Å². The summed E-state index contributed by atoms with van der Waals surface area (Å²) in [5.74, 6) is 0.871. The molecule has 0 saturated carbocycles. The van der Waals surface area contributed by atoms with Crippen molar-refractivity contribution in [2.24, 2.45) is 0 Å². The van der Waals surface area contributed by atoms with Gasteiger partial charge in [0.1, 0.15) is 5.75 Å². The minimum absolute atomic E-state index is 0.0528. The Morgan fingerprint density at radius 1 is 0.804 bits per heavy atom. The zero-order valence-electron chi connectivity index (χ0n) is 29.7. The lowest BCUT2D eigenvalue weighted by Gasteiger charge is -2.37. The first-order valence-corrected chi connectivity index (χ1v) is 19.0. The smallest absolute Gasteiger partial charge is 0.262 e. The molecule has 10 heteroatoms. The third kappa shape index (κ3) is 7.25. The van der Waals surface area contributed by atoms with Crippen LogP contribution >= 0.6 is 0 Å². The number of piperazine rings is 1. The molecule has 1 fully saturated rings. The molecule has 2 aliphatic rings. The van der Waals surface area contributed by atoms with Gasteiger partial charge in [-0.3, -0.25) is 14.4 Å². The monoisotopic (exact) mass is 703 g/mol. The number of ether oxygens (including phenoxy) is 1. The Bertz CT molecular complexity index is 2180. The zero-order chi connectivity index (χ0) is 35.7. The molecule has 2 aliphatic heterocycles. The Morgan fingerprint density at radius 3 is 2.33 bits per heavy atom. The average molecular weight is 704 g/mol. The quantitative estimate of drug-likeness (QED) is 0.167. The number of hydrogen-bond donors (Lipinski definition) is 1. The number of benzene rings is 5. The average Bonchev–Trinajstić information content (AvgIpc) is 3.54. The summed E-state index contributed by atoms with van der Waals surface area (Å²) in [5, 5.41) is 1.53. The summed E-state index contributed by atoms with van der Waals surface area (Å²) < 4.78 is 36.2. The molecule has 0 aromatic heterocycles. The second-order valence-corrected chi connectivity index (χ2v) is 15.4. The molecule has 0 unspecified atom stereocenters. The van der Waals surface area contributed by atoms with Gasteiger partial charge in [-0.1, -0.05) is 48.5 Å². The Labute approximate surface area is 301 Å². The first-order chi connectivity index (χ1) is 24.6. The molecule has 1 saturated heterocycles. The van der Waals surface area contributed by atoms with Crippen LogP contribution in [0, 0.1) is 0 Å². The maximum absolute atomic E-state index is 13.8. The van der Waals surface area contributed by atoms with E-state index in [9.17, 15) is 13.2 Å². The van der Waals surface area contributed by atoms with Crippen LogP contribution in [0.3, 0.4) is 0 Å². The van der Waals surface area contributed by atoms with E-state index in [4.69, 9.17) is 4.74 Å². The summed E-state index contributed by atoms with van der Waals surface area (Å²) in [5.41, 5.74) is 6.06. The highest BCUT2D eigenvalue weighted by atomic mass is 32.2. The number of sulfonamides is 1. The summed E-state index contributed by atoms with van der Waals surface area (Å²) in [6, 6.07) is 32.6. The molecular weight excluding hydrogens is 659 g/mol. The zero-order valence-corrected chi connectivity index (χ0v) is 30.5. The van der Waals surface area contributed by atoms with Crippen LogP contribution in [0.2, 0.25) is 0 Å². The molecule has 5 aromatic carbocycles. The normalized spacial score (nSPS) is 14.9. The summed E-state index contributed by atoms with van der Waals surface area (Å²) in [7, 11) is 0.00983. The first-order valence-electron chi connectivity index (χ1n) is 17.6. The molecule has 0 radical (unpaired) electrons. The van der Waals surface area contributed by atoms with Crippen LogP contribution in [0.5, 0.6) is 5.75 Å². The minimum atomic E-state index is -3.87. The summed E-state index contributed by atoms with van der Waals surface area (Å²) in [4.78, 5) is 22.7. The number of para-hydroxylation sites is 2. The number of rotatable bonds is 10. The fourth-order valence-electron chi connectivity index (χ4n) is 7.21. The van der Waals surface area contributed by atoms with Gasteiger partial charge in [-0.25, -0.2) is 8.42 Å². The maximum Gasteiger partial charge on any atom is 0.262 e. The van der Waals surface area contributed by atoms with Crippen molar-refractivity contribution < 1.29 is 17.9 Å². The van der Waals surface area contributed by atoms with E-state index < -0.39 is 10.0 Å². The molecule has 0 spiro atoms. The fourth-order valence-corrected chi connectivity index (χ4v) is 8.48. The molecule has 0 aliphatic carbocycles. The van der Waals surface area contributed by atoms with Gasteiger partial charge in [0.05, 0.1) is 16.7 Å². The Morgan fingerprint density at radius 2 is 1.55 bits per heavy atom. The van der Waals surface area contributed by atoms with Crippen LogP contribution in [0.1, 0.15) is 35.3 Å². The summed E-state index contributed by atoms with van der Waals surface area (Å²) in [6.45, 7) is 9.04. The van der Waals surface area contributed by atoms with Crippen LogP contribution in [0.25, 0.3) is 10.8 Å². The van der Waals surface area contributed by atoms with Gasteiger partial charge in [-0.15, -0.1) is 0 Å². The third-order valence-electron chi connectivity index (χ3n) is 9.62. The highest BCUT2D eigenvalue weighted by Crippen LogP contribution is 2.35.